The van der Waals surface area contributed by atoms with Gasteiger partial charge in [-0.15, -0.1) is 23.5 Å². The quantitative estimate of drug-likeness (QED) is 0.290. The number of hydrogen-bond donors (Lipinski definition) is 0. The number of hydrogen-bond acceptors (Lipinski definition) is 2. The lowest BCUT2D eigenvalue weighted by Crippen LogP contribution is -2.48. The van der Waals surface area contributed by atoms with E-state index >= 15 is 17.6 Å². The SMILES string of the molecule is C[n+]1cccc(C2=CC3=C4C(=C5C=C(c6ccccc6)S[C@]5(C)[C@@]3(C)S2)C(F)(F)C(F)(F)C4(F)F)c1. The van der Waals surface area contributed by atoms with Gasteiger partial charge in [-0.05, 0) is 48.8 Å². The maximum atomic E-state index is 15.4. The summed E-state index contributed by atoms with van der Waals surface area (Å²) in [6.07, 6.45) is 6.40. The maximum absolute atomic E-state index is 15.4. The number of fused-ring (bicyclic) bond motifs is 4. The molecule has 3 heterocycles. The number of halogens is 6. The standard InChI is InChI=1S/C27H20F6NS2/c1-23-17(12-19(35-23)15-8-5-4-6-9-15)21-22(26(30,31)27(32,33)25(21,28)29)18-13-20(36-24(18,23)2)16-10-7-11-34(3)14-16/h4-14H,1-3H3/q+1/t23-,24-/m0/s1. The average Bonchev–Trinajstić information content (AvgIpc) is 3.39. The highest BCUT2D eigenvalue weighted by Gasteiger charge is 2.84. The predicted molar refractivity (Wildman–Crippen MR) is 131 cm³/mol. The molecule has 0 N–H and O–H groups in total. The summed E-state index contributed by atoms with van der Waals surface area (Å²) in [5.74, 6) is -15.6. The van der Waals surface area contributed by atoms with Crippen LogP contribution in [0.3, 0.4) is 0 Å². The van der Waals surface area contributed by atoms with Crippen LogP contribution in [0.1, 0.15) is 25.0 Å². The van der Waals surface area contributed by atoms with Gasteiger partial charge in [0.25, 0.3) is 0 Å². The van der Waals surface area contributed by atoms with Gasteiger partial charge in [-0.1, -0.05) is 30.3 Å². The fraction of sp³-hybridized carbons (Fsp3) is 0.296. The molecule has 0 spiro atoms. The number of alkyl halides is 6. The summed E-state index contributed by atoms with van der Waals surface area (Å²) < 4.78 is 90.5. The van der Waals surface area contributed by atoms with Crippen LogP contribution in [0.4, 0.5) is 26.3 Å². The minimum atomic E-state index is -5.55. The molecular weight excluding hydrogens is 516 g/mol. The lowest BCUT2D eigenvalue weighted by Gasteiger charge is -2.47. The predicted octanol–water partition coefficient (Wildman–Crippen LogP) is 7.43. The Morgan fingerprint density at radius 1 is 0.667 bits per heavy atom. The largest absolute Gasteiger partial charge is 0.380 e. The molecule has 1 aromatic heterocycles. The third kappa shape index (κ3) is 2.71. The van der Waals surface area contributed by atoms with E-state index in [9.17, 15) is 8.78 Å². The second-order valence-electron chi connectivity index (χ2n) is 9.71. The second kappa shape index (κ2) is 7.13. The molecule has 1 nitrogen and oxygen atoms in total. The molecule has 1 fully saturated rings. The van der Waals surface area contributed by atoms with E-state index in [1.54, 1.807) is 80.3 Å². The van der Waals surface area contributed by atoms with Gasteiger partial charge in [0.05, 0.1) is 15.1 Å². The van der Waals surface area contributed by atoms with Crippen molar-refractivity contribution < 1.29 is 30.9 Å². The molecule has 0 saturated heterocycles. The van der Waals surface area contributed by atoms with Crippen LogP contribution < -0.4 is 4.57 Å². The first-order chi connectivity index (χ1) is 16.8. The lowest BCUT2D eigenvalue weighted by atomic mass is 9.71. The first-order valence-electron chi connectivity index (χ1n) is 11.2. The minimum absolute atomic E-state index is 0.157. The van der Waals surface area contributed by atoms with Crippen LogP contribution in [0, 0.1) is 0 Å². The second-order valence-corrected chi connectivity index (χ2v) is 12.6. The van der Waals surface area contributed by atoms with Crippen LogP contribution in [0.5, 0.6) is 0 Å². The van der Waals surface area contributed by atoms with E-state index < -0.39 is 38.4 Å². The molecule has 0 unspecified atom stereocenters. The van der Waals surface area contributed by atoms with Crippen molar-refractivity contribution >= 4 is 33.3 Å². The van der Waals surface area contributed by atoms with Crippen LogP contribution in [0.2, 0.25) is 0 Å². The van der Waals surface area contributed by atoms with E-state index in [1.165, 1.54) is 35.7 Å². The summed E-state index contributed by atoms with van der Waals surface area (Å²) in [5, 5.41) is 0. The summed E-state index contributed by atoms with van der Waals surface area (Å²) >= 11 is 2.52. The molecule has 0 bridgehead atoms. The number of aryl methyl sites for hydroxylation is 1. The van der Waals surface area contributed by atoms with Crippen molar-refractivity contribution in [1.29, 1.82) is 0 Å². The Balaban J connectivity index is 1.67. The number of thioether (sulfide) groups is 2. The molecular formula is C27H20F6NS2+. The Hall–Kier alpha value is -2.39. The van der Waals surface area contributed by atoms with E-state index in [4.69, 9.17) is 0 Å². The van der Waals surface area contributed by atoms with Crippen molar-refractivity contribution in [1.82, 2.24) is 0 Å². The Kier molecular flexibility index (Phi) is 4.75. The van der Waals surface area contributed by atoms with Gasteiger partial charge in [0.15, 0.2) is 12.4 Å². The average molecular weight is 537 g/mol. The van der Waals surface area contributed by atoms with Crippen molar-refractivity contribution in [2.24, 2.45) is 7.05 Å². The van der Waals surface area contributed by atoms with E-state index in [1.807, 2.05) is 0 Å². The fourth-order valence-electron chi connectivity index (χ4n) is 5.53. The zero-order valence-corrected chi connectivity index (χ0v) is 21.0. The van der Waals surface area contributed by atoms with Gasteiger partial charge >= 0.3 is 17.8 Å². The number of rotatable bonds is 2. The fourth-order valence-corrected chi connectivity index (χ4v) is 8.66. The molecule has 4 aliphatic rings. The van der Waals surface area contributed by atoms with Crippen LogP contribution in [0.15, 0.2) is 89.3 Å². The van der Waals surface area contributed by atoms with Gasteiger partial charge in [0.2, 0.25) is 0 Å². The Morgan fingerprint density at radius 2 is 1.14 bits per heavy atom. The van der Waals surface area contributed by atoms with Crippen molar-refractivity contribution in [3.63, 3.8) is 0 Å². The first-order valence-corrected chi connectivity index (χ1v) is 12.9. The van der Waals surface area contributed by atoms with E-state index in [2.05, 4.69) is 0 Å². The number of allylic oxidation sites excluding steroid dienone is 4. The van der Waals surface area contributed by atoms with Crippen molar-refractivity contribution in [3.8, 4) is 0 Å². The molecule has 0 radical (unpaired) electrons. The number of nitrogens with zero attached hydrogens (tertiary/aromatic N) is 1. The number of benzene rings is 1. The molecule has 1 aromatic carbocycles. The lowest BCUT2D eigenvalue weighted by molar-refractivity contribution is -0.671. The molecule has 1 saturated carbocycles. The molecule has 2 atom stereocenters. The van der Waals surface area contributed by atoms with Crippen molar-refractivity contribution in [3.05, 3.63) is 100 Å². The molecule has 2 aliphatic carbocycles. The Labute approximate surface area is 212 Å². The van der Waals surface area contributed by atoms with E-state index in [-0.39, 0.29) is 11.1 Å². The number of aromatic nitrogens is 1. The van der Waals surface area contributed by atoms with Gasteiger partial charge in [-0.2, -0.15) is 26.3 Å². The summed E-state index contributed by atoms with van der Waals surface area (Å²) in [4.78, 5) is 1.15. The van der Waals surface area contributed by atoms with E-state index in [0.717, 1.165) is 0 Å². The van der Waals surface area contributed by atoms with Gasteiger partial charge < -0.3 is 0 Å². The van der Waals surface area contributed by atoms with Gasteiger partial charge in [-0.25, -0.2) is 4.57 Å². The summed E-state index contributed by atoms with van der Waals surface area (Å²) in [6.45, 7) is 3.39. The normalized spacial score (nSPS) is 31.1. The van der Waals surface area contributed by atoms with Gasteiger partial charge in [0.1, 0.15) is 7.05 Å². The monoisotopic (exact) mass is 536 g/mol. The summed E-state index contributed by atoms with van der Waals surface area (Å²) in [5.41, 5.74) is -1.38. The third-order valence-electron chi connectivity index (χ3n) is 7.61. The van der Waals surface area contributed by atoms with Crippen molar-refractivity contribution in [2.75, 3.05) is 0 Å². The molecule has 9 heteroatoms. The van der Waals surface area contributed by atoms with Crippen molar-refractivity contribution in [2.45, 2.75) is 41.1 Å². The smallest absolute Gasteiger partial charge is 0.207 e. The van der Waals surface area contributed by atoms with E-state index in [0.29, 0.717) is 20.9 Å². The summed E-state index contributed by atoms with van der Waals surface area (Å²) in [7, 11) is 1.80. The molecule has 6 rings (SSSR count). The molecule has 186 valence electrons. The highest BCUT2D eigenvalue weighted by molar-refractivity contribution is 8.14. The van der Waals surface area contributed by atoms with Crippen LogP contribution in [-0.2, 0) is 7.05 Å². The topological polar surface area (TPSA) is 3.88 Å². The zero-order valence-electron chi connectivity index (χ0n) is 19.4. The first kappa shape index (κ1) is 24.0. The summed E-state index contributed by atoms with van der Waals surface area (Å²) in [6, 6.07) is 12.5. The molecule has 2 aromatic rings. The maximum Gasteiger partial charge on any atom is 0.380 e. The van der Waals surface area contributed by atoms with Crippen LogP contribution in [0.25, 0.3) is 9.81 Å². The third-order valence-corrected chi connectivity index (χ3v) is 11.0. The van der Waals surface area contributed by atoms with Crippen LogP contribution in [-0.4, -0.2) is 27.3 Å². The molecule has 0 amide bonds. The molecule has 36 heavy (non-hydrogen) atoms. The Bertz CT molecular complexity index is 1460. The van der Waals surface area contributed by atoms with Crippen LogP contribution >= 0.6 is 23.5 Å². The van der Waals surface area contributed by atoms with Gasteiger partial charge in [0, 0.05) is 27.0 Å². The highest BCUT2D eigenvalue weighted by Crippen LogP contribution is 2.75. The zero-order chi connectivity index (χ0) is 25.9. The van der Waals surface area contributed by atoms with Gasteiger partial charge in [-0.3, -0.25) is 0 Å². The Morgan fingerprint density at radius 3 is 1.64 bits per heavy atom. The highest BCUT2D eigenvalue weighted by atomic mass is 32.2. The molecule has 2 aliphatic heterocycles. The minimum Gasteiger partial charge on any atom is -0.207 e. The number of pyridine rings is 1.